The topological polar surface area (TPSA) is 29.5 Å². The van der Waals surface area contributed by atoms with Crippen LogP contribution in [0.25, 0.3) is 30.9 Å². The van der Waals surface area contributed by atoms with Gasteiger partial charge in [0, 0.05) is 0 Å². The molecule has 0 aliphatic rings. The van der Waals surface area contributed by atoms with Crippen LogP contribution in [0.5, 0.6) is 11.5 Å². The van der Waals surface area contributed by atoms with E-state index in [0.717, 1.165) is 23.5 Å². The average Bonchev–Trinajstić information content (AvgIpc) is 3.49. The summed E-state index contributed by atoms with van der Waals surface area (Å²) >= 11 is -0.757. The Hall–Kier alpha value is -0.183. The maximum absolute atomic E-state index is 11.1. The van der Waals surface area contributed by atoms with Crippen molar-refractivity contribution in [1.82, 2.24) is 0 Å². The van der Waals surface area contributed by atoms with Gasteiger partial charge in [0.1, 0.15) is 0 Å². The zero-order chi connectivity index (χ0) is 27.5. The zero-order valence-electron chi connectivity index (χ0n) is 24.8. The van der Waals surface area contributed by atoms with Crippen LogP contribution < -0.4 is 10.5 Å². The molecule has 0 unspecified atom stereocenters. The summed E-state index contributed by atoms with van der Waals surface area (Å²) in [6.45, 7) is 3.08. The monoisotopic (exact) mass is 768 g/mol. The first-order chi connectivity index (χ1) is 18.0. The van der Waals surface area contributed by atoms with Crippen molar-refractivity contribution in [3.05, 3.63) is 24.3 Å². The summed E-state index contributed by atoms with van der Waals surface area (Å²) in [6, 6.07) is 9.15. The molecule has 0 bridgehead atoms. The predicted octanol–water partition coefficient (Wildman–Crippen LogP) is 10.4. The number of benzene rings is 2. The number of hydrogen-bond donors (Lipinski definition) is 1. The van der Waals surface area contributed by atoms with Gasteiger partial charge in [-0.25, -0.2) is 0 Å². The molecule has 0 atom stereocenters. The Morgan fingerprint density at radius 3 is 1.63 bits per heavy atom. The van der Waals surface area contributed by atoms with Gasteiger partial charge in [0.05, 0.1) is 0 Å². The maximum atomic E-state index is 11.1. The van der Waals surface area contributed by atoms with E-state index in [1.165, 1.54) is 86.9 Å². The van der Waals surface area contributed by atoms with Crippen molar-refractivity contribution in [2.24, 2.45) is 0 Å². The standard InChI is InChI=1S/C26H30O2S2.6CH3.2Sn/c1-2-3-4-5-6-7-8-9-10-11-14-28-24-18-22-19-12-15-29-25(19)23(27)17-21(22)20-13-16-30-26(20)24;;;;;;;;/h12-13,17-18,27H,2-11,14H2,1H3;6*1H3;;. The van der Waals surface area contributed by atoms with Crippen LogP contribution in [0.15, 0.2) is 24.3 Å². The second-order valence-electron chi connectivity index (χ2n) is 13.1. The molecule has 38 heavy (non-hydrogen) atoms. The van der Waals surface area contributed by atoms with Crippen molar-refractivity contribution in [1.29, 1.82) is 0 Å². The Kier molecular flexibility index (Phi) is 10.7. The van der Waals surface area contributed by atoms with Crippen LogP contribution in [-0.4, -0.2) is 48.5 Å². The minimum atomic E-state index is -2.26. The number of unbranched alkanes of at least 4 members (excludes halogenated alkanes) is 9. The number of aromatic hydroxyl groups is 1. The van der Waals surface area contributed by atoms with Crippen LogP contribution in [0.3, 0.4) is 0 Å². The summed E-state index contributed by atoms with van der Waals surface area (Å²) < 4.78 is 12.0. The van der Waals surface area contributed by atoms with E-state index < -0.39 is 36.8 Å². The van der Waals surface area contributed by atoms with E-state index in [0.29, 0.717) is 5.75 Å². The van der Waals surface area contributed by atoms with Crippen LogP contribution >= 0.6 is 22.7 Å². The molecule has 2 aromatic carbocycles. The Balaban J connectivity index is 1.57. The quantitative estimate of drug-likeness (QED) is 0.102. The normalized spacial score (nSPS) is 12.8. The molecule has 0 spiro atoms. The molecule has 2 aromatic heterocycles. The van der Waals surface area contributed by atoms with Gasteiger partial charge in [0.15, 0.2) is 0 Å². The van der Waals surface area contributed by atoms with E-state index in [1.807, 2.05) is 28.7 Å². The Morgan fingerprint density at radius 2 is 1.08 bits per heavy atom. The first-order valence-corrected chi connectivity index (χ1v) is 36.4. The van der Waals surface area contributed by atoms with Crippen molar-refractivity contribution in [3.8, 4) is 11.5 Å². The molecular formula is C32H48O2S2Sn2. The van der Waals surface area contributed by atoms with Crippen LogP contribution in [0.2, 0.25) is 29.6 Å². The molecule has 208 valence electrons. The van der Waals surface area contributed by atoms with E-state index >= 15 is 0 Å². The van der Waals surface area contributed by atoms with Crippen molar-refractivity contribution in [2.75, 3.05) is 6.61 Å². The zero-order valence-corrected chi connectivity index (χ0v) is 32.1. The van der Waals surface area contributed by atoms with E-state index in [-0.39, 0.29) is 0 Å². The molecular weight excluding hydrogens is 718 g/mol. The summed E-state index contributed by atoms with van der Waals surface area (Å²) in [5.74, 6) is 1.49. The minimum absolute atomic E-state index is 0.437. The van der Waals surface area contributed by atoms with Crippen LogP contribution in [0.4, 0.5) is 0 Å². The second-order valence-corrected chi connectivity index (χ2v) is 46.0. The molecule has 0 fully saturated rings. The van der Waals surface area contributed by atoms with Gasteiger partial charge < -0.3 is 0 Å². The molecule has 6 heteroatoms. The first kappa shape index (κ1) is 30.8. The van der Waals surface area contributed by atoms with Gasteiger partial charge in [-0.05, 0) is 0 Å². The summed E-state index contributed by atoms with van der Waals surface area (Å²) in [5.41, 5.74) is 0. The van der Waals surface area contributed by atoms with Gasteiger partial charge in [-0.3, -0.25) is 0 Å². The third-order valence-corrected chi connectivity index (χ3v) is 28.7. The second kappa shape index (κ2) is 13.2. The summed E-state index contributed by atoms with van der Waals surface area (Å²) in [6.07, 6.45) is 13.4. The number of phenols is 1. The molecule has 0 saturated carbocycles. The molecule has 2 nitrogen and oxygen atoms in total. The molecule has 2 heterocycles. The van der Waals surface area contributed by atoms with Gasteiger partial charge in [-0.2, -0.15) is 0 Å². The third kappa shape index (κ3) is 7.36. The van der Waals surface area contributed by atoms with Gasteiger partial charge >= 0.3 is 217 Å². The van der Waals surface area contributed by atoms with E-state index in [4.69, 9.17) is 4.74 Å². The SMILES string of the molecule is CCCCCCCCCCCCOc1cc2c3c[c]([Sn]([CH3])([CH3])[CH3])sc3c(O)cc2c2c[c]([Sn]([CH3])([CH3])[CH3])sc12. The van der Waals surface area contributed by atoms with Crippen LogP contribution in [0.1, 0.15) is 71.1 Å². The van der Waals surface area contributed by atoms with E-state index in [1.54, 1.807) is 2.89 Å². The molecule has 0 amide bonds. The third-order valence-electron chi connectivity index (χ3n) is 7.58. The molecule has 0 aliphatic carbocycles. The van der Waals surface area contributed by atoms with Gasteiger partial charge in [-0.1, -0.05) is 32.6 Å². The van der Waals surface area contributed by atoms with Crippen molar-refractivity contribution in [3.63, 3.8) is 0 Å². The fraction of sp³-hybridized carbons (Fsp3) is 0.562. The number of phenolic OH excluding ortho intramolecular Hbond substituents is 1. The number of ether oxygens (including phenoxy) is 1. The van der Waals surface area contributed by atoms with Crippen molar-refractivity contribution >= 4 is 96.2 Å². The number of rotatable bonds is 14. The molecule has 1 N–H and O–H groups in total. The fourth-order valence-corrected chi connectivity index (χ4v) is 17.8. The number of fused-ring (bicyclic) bond motifs is 5. The summed E-state index contributed by atoms with van der Waals surface area (Å²) in [4.78, 5) is 14.8. The molecule has 0 saturated heterocycles. The fourth-order valence-electron chi connectivity index (χ4n) is 5.17. The van der Waals surface area contributed by atoms with Gasteiger partial charge in [-0.15, -0.1) is 0 Å². The van der Waals surface area contributed by atoms with E-state index in [2.05, 4.69) is 54.8 Å². The van der Waals surface area contributed by atoms with Gasteiger partial charge in [0.25, 0.3) is 0 Å². The predicted molar refractivity (Wildman–Crippen MR) is 180 cm³/mol. The molecule has 0 radical (unpaired) electrons. The molecule has 4 aromatic rings. The molecule has 0 aliphatic heterocycles. The molecule has 4 rings (SSSR count). The summed E-state index contributed by atoms with van der Waals surface area (Å²) in [5, 5.41) is 16.0. The van der Waals surface area contributed by atoms with E-state index in [9.17, 15) is 5.11 Å². The van der Waals surface area contributed by atoms with Crippen LogP contribution in [0, 0.1) is 0 Å². The average molecular weight is 766 g/mol. The Bertz CT molecular complexity index is 1370. The number of hydrogen-bond acceptors (Lipinski definition) is 4. The first-order valence-electron chi connectivity index (χ1n) is 14.8. The summed E-state index contributed by atoms with van der Waals surface area (Å²) in [7, 11) is 0. The van der Waals surface area contributed by atoms with Gasteiger partial charge in [0.2, 0.25) is 0 Å². The van der Waals surface area contributed by atoms with Crippen molar-refractivity contribution < 1.29 is 9.84 Å². The number of thiophene rings is 2. The Labute approximate surface area is 246 Å². The van der Waals surface area contributed by atoms with Crippen LogP contribution in [-0.2, 0) is 0 Å². The van der Waals surface area contributed by atoms with Crippen molar-refractivity contribution in [2.45, 2.75) is 101 Å². The Morgan fingerprint density at radius 1 is 0.605 bits per heavy atom.